The van der Waals surface area contributed by atoms with Gasteiger partial charge in [-0.2, -0.15) is 0 Å². The van der Waals surface area contributed by atoms with E-state index < -0.39 is 0 Å². The lowest BCUT2D eigenvalue weighted by Gasteiger charge is -2.22. The van der Waals surface area contributed by atoms with Crippen LogP contribution in [0.2, 0.25) is 0 Å². The van der Waals surface area contributed by atoms with Crippen LogP contribution in [0.1, 0.15) is 22.4 Å². The highest BCUT2D eigenvalue weighted by molar-refractivity contribution is 5.97. The molecule has 6 heteroatoms. The van der Waals surface area contributed by atoms with Crippen molar-refractivity contribution in [1.82, 2.24) is 10.2 Å². The highest BCUT2D eigenvalue weighted by Gasteiger charge is 2.20. The van der Waals surface area contributed by atoms with Crippen LogP contribution in [0.15, 0.2) is 51.5 Å². The largest absolute Gasteiger partial charge is 0.493 e. The number of likely N-dealkylation sites (N-methyl/N-ethyl adjacent to an activating group) is 1. The molecule has 0 saturated heterocycles. The SMILES string of the molecule is COc1cccc2cc(C(=O)NCC(c3ccco3)N(C)C)oc12. The van der Waals surface area contributed by atoms with Gasteiger partial charge in [0.15, 0.2) is 17.1 Å². The summed E-state index contributed by atoms with van der Waals surface area (Å²) in [6.07, 6.45) is 1.62. The van der Waals surface area contributed by atoms with Crippen LogP contribution < -0.4 is 10.1 Å². The van der Waals surface area contributed by atoms with Crippen molar-refractivity contribution < 1.29 is 18.4 Å². The Morgan fingerprint density at radius 3 is 2.79 bits per heavy atom. The van der Waals surface area contributed by atoms with E-state index in [9.17, 15) is 4.79 Å². The third-order valence-electron chi connectivity index (χ3n) is 3.90. The summed E-state index contributed by atoms with van der Waals surface area (Å²) in [6, 6.07) is 10.9. The van der Waals surface area contributed by atoms with Gasteiger partial charge >= 0.3 is 0 Å². The average Bonchev–Trinajstić information content (AvgIpc) is 3.23. The number of rotatable bonds is 6. The smallest absolute Gasteiger partial charge is 0.287 e. The molecule has 2 heterocycles. The summed E-state index contributed by atoms with van der Waals surface area (Å²) >= 11 is 0. The van der Waals surface area contributed by atoms with Crippen LogP contribution in [0.3, 0.4) is 0 Å². The highest BCUT2D eigenvalue weighted by atomic mass is 16.5. The van der Waals surface area contributed by atoms with Crippen LogP contribution in [0, 0.1) is 0 Å². The molecular weight excluding hydrogens is 308 g/mol. The fourth-order valence-corrected chi connectivity index (χ4v) is 2.60. The first kappa shape index (κ1) is 16.1. The number of hydrogen-bond donors (Lipinski definition) is 1. The third kappa shape index (κ3) is 3.14. The van der Waals surface area contributed by atoms with Gasteiger partial charge in [0.1, 0.15) is 5.76 Å². The Labute approximate surface area is 140 Å². The molecule has 3 aromatic rings. The summed E-state index contributed by atoms with van der Waals surface area (Å²) < 4.78 is 16.4. The first-order chi connectivity index (χ1) is 11.6. The minimum Gasteiger partial charge on any atom is -0.493 e. The summed E-state index contributed by atoms with van der Waals surface area (Å²) in [6.45, 7) is 0.410. The monoisotopic (exact) mass is 328 g/mol. The summed E-state index contributed by atoms with van der Waals surface area (Å²) in [7, 11) is 5.44. The molecule has 2 aromatic heterocycles. The number of amides is 1. The first-order valence-electron chi connectivity index (χ1n) is 7.64. The maximum atomic E-state index is 12.4. The summed E-state index contributed by atoms with van der Waals surface area (Å²) in [5.41, 5.74) is 0.570. The van der Waals surface area contributed by atoms with Gasteiger partial charge in [-0.1, -0.05) is 12.1 Å². The van der Waals surface area contributed by atoms with Gasteiger partial charge in [-0.15, -0.1) is 0 Å². The molecule has 1 amide bonds. The second-order valence-electron chi connectivity index (χ2n) is 5.69. The zero-order chi connectivity index (χ0) is 17.1. The number of benzene rings is 1. The molecule has 0 fully saturated rings. The number of methoxy groups -OCH3 is 1. The molecule has 0 saturated carbocycles. The molecule has 0 aliphatic heterocycles. The first-order valence-corrected chi connectivity index (χ1v) is 7.64. The minimum atomic E-state index is -0.272. The van der Waals surface area contributed by atoms with Gasteiger partial charge in [-0.25, -0.2) is 0 Å². The molecular formula is C18H20N2O4. The van der Waals surface area contributed by atoms with Crippen LogP contribution in [-0.4, -0.2) is 38.6 Å². The zero-order valence-corrected chi connectivity index (χ0v) is 13.9. The molecule has 1 atom stereocenters. The zero-order valence-electron chi connectivity index (χ0n) is 13.9. The van der Waals surface area contributed by atoms with E-state index in [0.29, 0.717) is 17.9 Å². The molecule has 6 nitrogen and oxygen atoms in total. The quantitative estimate of drug-likeness (QED) is 0.753. The molecule has 0 spiro atoms. The molecule has 0 aliphatic carbocycles. The number of carbonyl (C=O) groups is 1. The Hall–Kier alpha value is -2.73. The van der Waals surface area contributed by atoms with E-state index in [0.717, 1.165) is 11.1 Å². The number of nitrogens with one attached hydrogen (secondary N) is 1. The second kappa shape index (κ2) is 6.80. The number of nitrogens with zero attached hydrogens (tertiary/aromatic N) is 1. The van der Waals surface area contributed by atoms with Gasteiger partial charge in [-0.3, -0.25) is 9.69 Å². The van der Waals surface area contributed by atoms with E-state index in [4.69, 9.17) is 13.6 Å². The van der Waals surface area contributed by atoms with Gasteiger partial charge in [0.05, 0.1) is 19.4 Å². The average molecular weight is 328 g/mol. The van der Waals surface area contributed by atoms with Crippen molar-refractivity contribution in [3.8, 4) is 5.75 Å². The maximum Gasteiger partial charge on any atom is 0.287 e. The minimum absolute atomic E-state index is 0.0529. The van der Waals surface area contributed by atoms with Crippen molar-refractivity contribution in [2.45, 2.75) is 6.04 Å². The van der Waals surface area contributed by atoms with E-state index in [1.165, 1.54) is 0 Å². The number of carbonyl (C=O) groups excluding carboxylic acids is 1. The van der Waals surface area contributed by atoms with Crippen LogP contribution in [0.5, 0.6) is 5.75 Å². The van der Waals surface area contributed by atoms with Crippen LogP contribution in [0.4, 0.5) is 0 Å². The topological polar surface area (TPSA) is 67.8 Å². The number of hydrogen-bond acceptors (Lipinski definition) is 5. The molecule has 1 unspecified atom stereocenters. The van der Waals surface area contributed by atoms with E-state index in [1.54, 1.807) is 25.5 Å². The van der Waals surface area contributed by atoms with Crippen LogP contribution in [-0.2, 0) is 0 Å². The molecule has 24 heavy (non-hydrogen) atoms. The van der Waals surface area contributed by atoms with E-state index in [2.05, 4.69) is 5.32 Å². The highest BCUT2D eigenvalue weighted by Crippen LogP contribution is 2.28. The standard InChI is InChI=1S/C18H20N2O4/c1-20(2)13(14-8-5-9-23-14)11-19-18(21)16-10-12-6-4-7-15(22-3)17(12)24-16/h4-10,13H,11H2,1-3H3,(H,19,21). The maximum absolute atomic E-state index is 12.4. The lowest BCUT2D eigenvalue weighted by molar-refractivity contribution is 0.0913. The van der Waals surface area contributed by atoms with Gasteiger partial charge in [0.2, 0.25) is 0 Å². The number of fused-ring (bicyclic) bond motifs is 1. The third-order valence-corrected chi connectivity index (χ3v) is 3.90. The fourth-order valence-electron chi connectivity index (χ4n) is 2.60. The predicted octanol–water partition coefficient (Wildman–Crippen LogP) is 3.07. The van der Waals surface area contributed by atoms with E-state index in [-0.39, 0.29) is 17.7 Å². The number of para-hydroxylation sites is 1. The molecule has 1 N–H and O–H groups in total. The van der Waals surface area contributed by atoms with Crippen molar-refractivity contribution in [2.24, 2.45) is 0 Å². The van der Waals surface area contributed by atoms with Crippen LogP contribution in [0.25, 0.3) is 11.0 Å². The van der Waals surface area contributed by atoms with Gasteiger partial charge in [0.25, 0.3) is 5.91 Å². The molecule has 1 aromatic carbocycles. The van der Waals surface area contributed by atoms with Crippen molar-refractivity contribution in [1.29, 1.82) is 0 Å². The van der Waals surface area contributed by atoms with Crippen molar-refractivity contribution in [3.63, 3.8) is 0 Å². The summed E-state index contributed by atoms with van der Waals surface area (Å²) in [5.74, 6) is 1.39. The van der Waals surface area contributed by atoms with E-state index >= 15 is 0 Å². The second-order valence-corrected chi connectivity index (χ2v) is 5.69. The Bertz CT molecular complexity index is 821. The molecule has 126 valence electrons. The van der Waals surface area contributed by atoms with Crippen molar-refractivity contribution in [3.05, 3.63) is 54.2 Å². The lowest BCUT2D eigenvalue weighted by Crippen LogP contribution is -2.34. The summed E-state index contributed by atoms with van der Waals surface area (Å²) in [5, 5.41) is 3.72. The van der Waals surface area contributed by atoms with E-state index in [1.807, 2.05) is 43.3 Å². The Kier molecular flexibility index (Phi) is 4.57. The van der Waals surface area contributed by atoms with Crippen LogP contribution >= 0.6 is 0 Å². The molecule has 3 rings (SSSR count). The molecule has 0 aliphatic rings. The van der Waals surface area contributed by atoms with Gasteiger partial charge in [-0.05, 0) is 38.4 Å². The normalized spacial score (nSPS) is 12.5. The van der Waals surface area contributed by atoms with Crippen molar-refractivity contribution >= 4 is 16.9 Å². The number of furan rings is 2. The molecule has 0 radical (unpaired) electrons. The Morgan fingerprint density at radius 2 is 2.12 bits per heavy atom. The van der Waals surface area contributed by atoms with Gasteiger partial charge < -0.3 is 18.9 Å². The van der Waals surface area contributed by atoms with Gasteiger partial charge in [0, 0.05) is 11.9 Å². The Morgan fingerprint density at radius 1 is 1.29 bits per heavy atom. The lowest BCUT2D eigenvalue weighted by atomic mass is 10.2. The molecule has 0 bridgehead atoms. The van der Waals surface area contributed by atoms with Crippen molar-refractivity contribution in [2.75, 3.05) is 27.7 Å². The summed E-state index contributed by atoms with van der Waals surface area (Å²) in [4.78, 5) is 14.4. The fraction of sp³-hybridized carbons (Fsp3) is 0.278. The number of ether oxygens (including phenoxy) is 1. The predicted molar refractivity (Wildman–Crippen MR) is 90.2 cm³/mol. The Balaban J connectivity index is 1.75.